The summed E-state index contributed by atoms with van der Waals surface area (Å²) < 4.78 is 30.4. The summed E-state index contributed by atoms with van der Waals surface area (Å²) in [5, 5.41) is 0. The van der Waals surface area contributed by atoms with Crippen molar-refractivity contribution in [2.24, 2.45) is 0 Å². The molecule has 2 rings (SSSR count). The first-order valence-electron chi connectivity index (χ1n) is 4.48. The number of allylic oxidation sites excluding steroid dienone is 2. The fourth-order valence-corrected chi connectivity index (χ4v) is 1.32. The molecule has 0 saturated carbocycles. The summed E-state index contributed by atoms with van der Waals surface area (Å²) in [5.74, 6) is -1.98. The van der Waals surface area contributed by atoms with Crippen LogP contribution in [0.2, 0.25) is 0 Å². The van der Waals surface area contributed by atoms with E-state index in [0.29, 0.717) is 17.9 Å². The fourth-order valence-electron chi connectivity index (χ4n) is 1.32. The van der Waals surface area contributed by atoms with Gasteiger partial charge in [0.1, 0.15) is 5.75 Å². The average Bonchev–Trinajstić information content (AvgIpc) is 2.77. The molecule has 3 heteroatoms. The van der Waals surface area contributed by atoms with E-state index in [4.69, 9.17) is 4.74 Å². The molecule has 0 heterocycles. The Balaban J connectivity index is 2.12. The Labute approximate surface area is 81.0 Å². The lowest BCUT2D eigenvalue weighted by atomic mass is 10.1. The SMILES string of the molecule is CCOc1ccc(C2=CC2(F)F)cc1. The van der Waals surface area contributed by atoms with Crippen molar-refractivity contribution in [3.05, 3.63) is 35.9 Å². The van der Waals surface area contributed by atoms with Gasteiger partial charge in [-0.25, -0.2) is 0 Å². The molecule has 0 atom stereocenters. The van der Waals surface area contributed by atoms with E-state index in [9.17, 15) is 8.78 Å². The van der Waals surface area contributed by atoms with Crippen LogP contribution in [0.3, 0.4) is 0 Å². The second-order valence-electron chi connectivity index (χ2n) is 3.14. The summed E-state index contributed by atoms with van der Waals surface area (Å²) in [4.78, 5) is 0. The van der Waals surface area contributed by atoms with Crippen LogP contribution in [-0.2, 0) is 0 Å². The molecule has 0 N–H and O–H groups in total. The van der Waals surface area contributed by atoms with E-state index in [1.54, 1.807) is 24.3 Å². The van der Waals surface area contributed by atoms with Crippen LogP contribution >= 0.6 is 0 Å². The summed E-state index contributed by atoms with van der Waals surface area (Å²) in [6.07, 6.45) is 0.961. The van der Waals surface area contributed by atoms with E-state index in [0.717, 1.165) is 6.08 Å². The van der Waals surface area contributed by atoms with Crippen molar-refractivity contribution in [1.29, 1.82) is 0 Å². The van der Waals surface area contributed by atoms with Gasteiger partial charge in [0.25, 0.3) is 5.92 Å². The maximum atomic E-state index is 12.6. The van der Waals surface area contributed by atoms with Crippen molar-refractivity contribution in [1.82, 2.24) is 0 Å². The molecular formula is C11H10F2O. The van der Waals surface area contributed by atoms with Crippen LogP contribution in [0.5, 0.6) is 5.75 Å². The third kappa shape index (κ3) is 1.62. The third-order valence-electron chi connectivity index (χ3n) is 2.08. The van der Waals surface area contributed by atoms with E-state index in [-0.39, 0.29) is 5.57 Å². The van der Waals surface area contributed by atoms with Crippen LogP contribution in [0, 0.1) is 0 Å². The van der Waals surface area contributed by atoms with Gasteiger partial charge in [0.2, 0.25) is 0 Å². The summed E-state index contributed by atoms with van der Waals surface area (Å²) in [6.45, 7) is 2.46. The van der Waals surface area contributed by atoms with Crippen molar-refractivity contribution >= 4 is 5.57 Å². The van der Waals surface area contributed by atoms with Gasteiger partial charge in [0, 0.05) is 5.57 Å². The number of hydrogen-bond acceptors (Lipinski definition) is 1. The van der Waals surface area contributed by atoms with E-state index in [2.05, 4.69) is 0 Å². The number of ether oxygens (including phenoxy) is 1. The van der Waals surface area contributed by atoms with Crippen molar-refractivity contribution in [3.8, 4) is 5.75 Å². The molecule has 0 saturated heterocycles. The standard InChI is InChI=1S/C11H10F2O/c1-2-14-9-5-3-8(4-6-9)10-7-11(10,12)13/h3-7H,2H2,1H3. The summed E-state index contributed by atoms with van der Waals surface area (Å²) in [6, 6.07) is 6.71. The lowest BCUT2D eigenvalue weighted by molar-refractivity contribution is 0.159. The van der Waals surface area contributed by atoms with Crippen LogP contribution < -0.4 is 4.74 Å². The number of hydrogen-bond donors (Lipinski definition) is 0. The van der Waals surface area contributed by atoms with Gasteiger partial charge in [-0.1, -0.05) is 12.1 Å². The second kappa shape index (κ2) is 3.08. The molecule has 1 aliphatic rings. The Morgan fingerprint density at radius 3 is 2.21 bits per heavy atom. The van der Waals surface area contributed by atoms with Crippen LogP contribution in [0.15, 0.2) is 30.3 Å². The molecule has 0 amide bonds. The molecule has 1 aliphatic carbocycles. The first kappa shape index (κ1) is 9.19. The smallest absolute Gasteiger partial charge is 0.292 e. The number of rotatable bonds is 3. The van der Waals surface area contributed by atoms with Crippen LogP contribution in [0.1, 0.15) is 12.5 Å². The minimum absolute atomic E-state index is 0.112. The van der Waals surface area contributed by atoms with Gasteiger partial charge >= 0.3 is 0 Å². The predicted octanol–water partition coefficient (Wildman–Crippen LogP) is 3.12. The van der Waals surface area contributed by atoms with Gasteiger partial charge in [-0.05, 0) is 30.7 Å². The van der Waals surface area contributed by atoms with Gasteiger partial charge in [-0.2, -0.15) is 8.78 Å². The highest BCUT2D eigenvalue weighted by atomic mass is 19.3. The number of benzene rings is 1. The molecule has 0 radical (unpaired) electrons. The molecule has 1 aromatic carbocycles. The van der Waals surface area contributed by atoms with E-state index in [1.165, 1.54) is 0 Å². The van der Waals surface area contributed by atoms with Crippen LogP contribution in [0.25, 0.3) is 5.57 Å². The van der Waals surface area contributed by atoms with Crippen molar-refractivity contribution in [2.45, 2.75) is 12.8 Å². The van der Waals surface area contributed by atoms with Gasteiger partial charge in [-0.3, -0.25) is 0 Å². The van der Waals surface area contributed by atoms with Crippen molar-refractivity contribution < 1.29 is 13.5 Å². The van der Waals surface area contributed by atoms with E-state index >= 15 is 0 Å². The molecule has 0 aromatic heterocycles. The largest absolute Gasteiger partial charge is 0.494 e. The monoisotopic (exact) mass is 196 g/mol. The van der Waals surface area contributed by atoms with Crippen molar-refractivity contribution in [2.75, 3.05) is 6.61 Å². The Morgan fingerprint density at radius 1 is 1.21 bits per heavy atom. The number of alkyl halides is 2. The lowest BCUT2D eigenvalue weighted by Crippen LogP contribution is -1.94. The molecule has 0 bridgehead atoms. The second-order valence-corrected chi connectivity index (χ2v) is 3.14. The van der Waals surface area contributed by atoms with Crippen LogP contribution in [0.4, 0.5) is 8.78 Å². The molecule has 1 aromatic rings. The minimum atomic E-state index is -2.69. The van der Waals surface area contributed by atoms with Crippen molar-refractivity contribution in [3.63, 3.8) is 0 Å². The molecule has 0 unspecified atom stereocenters. The van der Waals surface area contributed by atoms with Crippen LogP contribution in [-0.4, -0.2) is 12.5 Å². The average molecular weight is 196 g/mol. The zero-order valence-electron chi connectivity index (χ0n) is 7.76. The lowest BCUT2D eigenvalue weighted by Gasteiger charge is -2.03. The fraction of sp³-hybridized carbons (Fsp3) is 0.273. The minimum Gasteiger partial charge on any atom is -0.494 e. The Morgan fingerprint density at radius 2 is 1.79 bits per heavy atom. The van der Waals surface area contributed by atoms with E-state index < -0.39 is 5.92 Å². The normalized spacial score (nSPS) is 17.5. The summed E-state index contributed by atoms with van der Waals surface area (Å²) in [7, 11) is 0. The molecular weight excluding hydrogens is 186 g/mol. The first-order chi connectivity index (χ1) is 6.63. The van der Waals surface area contributed by atoms with E-state index in [1.807, 2.05) is 6.92 Å². The number of halogens is 2. The molecule has 14 heavy (non-hydrogen) atoms. The quantitative estimate of drug-likeness (QED) is 0.721. The highest BCUT2D eigenvalue weighted by molar-refractivity contribution is 5.85. The predicted molar refractivity (Wildman–Crippen MR) is 50.5 cm³/mol. The third-order valence-corrected chi connectivity index (χ3v) is 2.08. The summed E-state index contributed by atoms with van der Waals surface area (Å²) in [5.41, 5.74) is 0.680. The molecule has 1 nitrogen and oxygen atoms in total. The zero-order valence-corrected chi connectivity index (χ0v) is 7.76. The molecule has 74 valence electrons. The maximum Gasteiger partial charge on any atom is 0.292 e. The highest BCUT2D eigenvalue weighted by Crippen LogP contribution is 2.47. The maximum absolute atomic E-state index is 12.6. The first-order valence-corrected chi connectivity index (χ1v) is 4.48. The van der Waals surface area contributed by atoms with Gasteiger partial charge < -0.3 is 4.74 Å². The van der Waals surface area contributed by atoms with Gasteiger partial charge in [-0.15, -0.1) is 0 Å². The summed E-state index contributed by atoms with van der Waals surface area (Å²) >= 11 is 0. The Bertz CT molecular complexity index is 365. The van der Waals surface area contributed by atoms with Gasteiger partial charge in [0.05, 0.1) is 6.61 Å². The molecule has 0 aliphatic heterocycles. The van der Waals surface area contributed by atoms with Gasteiger partial charge in [0.15, 0.2) is 0 Å². The Kier molecular flexibility index (Phi) is 2.02. The molecule has 0 spiro atoms. The highest BCUT2D eigenvalue weighted by Gasteiger charge is 2.45. The topological polar surface area (TPSA) is 9.23 Å². The zero-order chi connectivity index (χ0) is 10.2. The Hall–Kier alpha value is -1.38. The molecule has 0 fully saturated rings.